The van der Waals surface area contributed by atoms with Crippen LogP contribution in [0, 0.1) is 23.2 Å². The van der Waals surface area contributed by atoms with Crippen molar-refractivity contribution < 1.29 is 0 Å². The van der Waals surface area contributed by atoms with Gasteiger partial charge in [0.25, 0.3) is 0 Å². The molecule has 0 spiro atoms. The Morgan fingerprint density at radius 3 is 2.31 bits per heavy atom. The van der Waals surface area contributed by atoms with E-state index in [1.165, 1.54) is 0 Å². The van der Waals surface area contributed by atoms with Crippen LogP contribution in [0.2, 0.25) is 0 Å². The summed E-state index contributed by atoms with van der Waals surface area (Å²) in [7, 11) is 0. The van der Waals surface area contributed by atoms with Crippen LogP contribution in [0.25, 0.3) is 16.7 Å². The van der Waals surface area contributed by atoms with Gasteiger partial charge < -0.3 is 0 Å². The van der Waals surface area contributed by atoms with Crippen LogP contribution < -0.4 is 0 Å². The highest BCUT2D eigenvalue weighted by atomic mass is 14.7. The zero-order valence-corrected chi connectivity index (χ0v) is 14.1. The molecular formula is C23H17N3+2. The van der Waals surface area contributed by atoms with E-state index in [9.17, 15) is 0 Å². The summed E-state index contributed by atoms with van der Waals surface area (Å²) < 4.78 is 0. The van der Waals surface area contributed by atoms with Gasteiger partial charge >= 0.3 is 0 Å². The van der Waals surface area contributed by atoms with E-state index in [1.807, 2.05) is 42.5 Å². The summed E-state index contributed by atoms with van der Waals surface area (Å²) in [4.78, 5) is 4.84. The van der Waals surface area contributed by atoms with Crippen molar-refractivity contribution >= 4 is 17.0 Å². The second kappa shape index (κ2) is 6.73. The number of allylic oxidation sites excluding steroid dienone is 8. The minimum atomic E-state index is 0.485. The third-order valence-corrected chi connectivity index (χ3v) is 4.29. The Morgan fingerprint density at radius 1 is 0.846 bits per heavy atom. The van der Waals surface area contributed by atoms with Gasteiger partial charge in [0, 0.05) is 35.9 Å². The molecule has 0 unspecified atom stereocenters. The summed E-state index contributed by atoms with van der Waals surface area (Å²) in [6.07, 6.45) is 14.8. The quantitative estimate of drug-likeness (QED) is 0.762. The van der Waals surface area contributed by atoms with E-state index in [0.717, 1.165) is 34.0 Å². The van der Waals surface area contributed by atoms with Crippen LogP contribution in [0.3, 0.4) is 0 Å². The molecule has 1 heterocycles. The maximum absolute atomic E-state index is 7.69. The number of nitrogens with zero attached hydrogens (tertiary/aromatic N) is 1. The molecule has 0 atom stereocenters. The lowest BCUT2D eigenvalue weighted by Gasteiger charge is -2.09. The third-order valence-electron chi connectivity index (χ3n) is 4.29. The molecule has 0 bridgehead atoms. The Morgan fingerprint density at radius 2 is 1.62 bits per heavy atom. The van der Waals surface area contributed by atoms with Crippen LogP contribution in [0.4, 0.5) is 0 Å². The van der Waals surface area contributed by atoms with E-state index in [-0.39, 0.29) is 0 Å². The number of hydrogen-bond acceptors (Lipinski definition) is 3. The molecule has 2 aromatic rings. The fraction of sp³-hybridized carbons (Fsp3) is 0. The largest absolute Gasteiger partial charge is 0.282 e. The molecule has 0 saturated heterocycles. The minimum Gasteiger partial charge on any atom is -0.282 e. The summed E-state index contributed by atoms with van der Waals surface area (Å²) in [6.45, 7) is 0. The molecule has 26 heavy (non-hydrogen) atoms. The number of hydrogen-bond donors (Lipinski definition) is 2. The SMILES string of the molecule is N=C1C=C[C+](c2cc(-c3ccccc3)cc(C3=C[CH+]C(=N)C=C3)n2)C=C1. The first-order valence-corrected chi connectivity index (χ1v) is 8.41. The van der Waals surface area contributed by atoms with Crippen LogP contribution in [0.5, 0.6) is 0 Å². The molecule has 3 nitrogen and oxygen atoms in total. The summed E-state index contributed by atoms with van der Waals surface area (Å²) in [5, 5.41) is 15.4. The Bertz CT molecular complexity index is 975. The normalized spacial score (nSPS) is 15.8. The van der Waals surface area contributed by atoms with Crippen molar-refractivity contribution in [2.75, 3.05) is 0 Å². The number of rotatable bonds is 3. The van der Waals surface area contributed by atoms with Gasteiger partial charge in [-0.15, -0.1) is 0 Å². The number of nitrogens with one attached hydrogen (secondary N) is 2. The summed E-state index contributed by atoms with van der Waals surface area (Å²) >= 11 is 0. The topological polar surface area (TPSA) is 60.6 Å². The number of benzene rings is 1. The molecule has 0 saturated carbocycles. The van der Waals surface area contributed by atoms with Crippen LogP contribution in [-0.4, -0.2) is 16.4 Å². The van der Waals surface area contributed by atoms with E-state index >= 15 is 0 Å². The Balaban J connectivity index is 1.81. The van der Waals surface area contributed by atoms with E-state index in [2.05, 4.69) is 24.3 Å². The van der Waals surface area contributed by atoms with Crippen molar-refractivity contribution in [2.24, 2.45) is 0 Å². The molecule has 4 rings (SSSR count). The second-order valence-electron chi connectivity index (χ2n) is 6.15. The molecule has 0 fully saturated rings. The highest BCUT2D eigenvalue weighted by Gasteiger charge is 2.22. The number of pyridine rings is 1. The van der Waals surface area contributed by atoms with Gasteiger partial charge in [-0.05, 0) is 11.6 Å². The summed E-state index contributed by atoms with van der Waals surface area (Å²) in [5.41, 5.74) is 5.92. The molecule has 0 amide bonds. The molecule has 0 radical (unpaired) electrons. The predicted molar refractivity (Wildman–Crippen MR) is 107 cm³/mol. The van der Waals surface area contributed by atoms with Crippen LogP contribution in [0.1, 0.15) is 11.4 Å². The molecule has 1 aromatic carbocycles. The average molecular weight is 335 g/mol. The zero-order valence-electron chi connectivity index (χ0n) is 14.1. The van der Waals surface area contributed by atoms with E-state index in [4.69, 9.17) is 15.8 Å². The van der Waals surface area contributed by atoms with Gasteiger partial charge in [-0.2, -0.15) is 0 Å². The van der Waals surface area contributed by atoms with E-state index in [1.54, 1.807) is 24.6 Å². The maximum atomic E-state index is 7.69. The molecular weight excluding hydrogens is 318 g/mol. The molecule has 3 heteroatoms. The van der Waals surface area contributed by atoms with Crippen LogP contribution in [0.15, 0.2) is 85.0 Å². The van der Waals surface area contributed by atoms with E-state index in [0.29, 0.717) is 11.4 Å². The highest BCUT2D eigenvalue weighted by molar-refractivity contribution is 6.06. The van der Waals surface area contributed by atoms with Gasteiger partial charge in [0.15, 0.2) is 11.4 Å². The Hall–Kier alpha value is -3.59. The van der Waals surface area contributed by atoms with Crippen molar-refractivity contribution in [1.29, 1.82) is 10.8 Å². The first kappa shape index (κ1) is 15.9. The van der Waals surface area contributed by atoms with Crippen molar-refractivity contribution in [3.8, 4) is 11.1 Å². The maximum Gasteiger partial charge on any atom is 0.165 e. The van der Waals surface area contributed by atoms with Gasteiger partial charge in [0.2, 0.25) is 0 Å². The second-order valence-corrected chi connectivity index (χ2v) is 6.15. The van der Waals surface area contributed by atoms with Gasteiger partial charge in [-0.3, -0.25) is 10.8 Å². The van der Waals surface area contributed by atoms with Gasteiger partial charge in [0.1, 0.15) is 17.0 Å². The van der Waals surface area contributed by atoms with Gasteiger partial charge in [0.05, 0.1) is 30.6 Å². The van der Waals surface area contributed by atoms with Gasteiger partial charge in [-0.1, -0.05) is 30.3 Å². The Kier molecular flexibility index (Phi) is 4.12. The van der Waals surface area contributed by atoms with Crippen molar-refractivity contribution in [3.63, 3.8) is 0 Å². The van der Waals surface area contributed by atoms with Crippen LogP contribution in [-0.2, 0) is 0 Å². The lowest BCUT2D eigenvalue weighted by molar-refractivity contribution is 1.15. The average Bonchev–Trinajstić information content (AvgIpc) is 2.69. The van der Waals surface area contributed by atoms with Crippen LogP contribution >= 0.6 is 0 Å². The zero-order chi connectivity index (χ0) is 17.9. The smallest absolute Gasteiger partial charge is 0.165 e. The molecule has 2 aliphatic rings. The van der Waals surface area contributed by atoms with Crippen molar-refractivity contribution in [2.45, 2.75) is 0 Å². The summed E-state index contributed by atoms with van der Waals surface area (Å²) in [6, 6.07) is 14.4. The molecule has 122 valence electrons. The van der Waals surface area contributed by atoms with Gasteiger partial charge in [-0.25, -0.2) is 4.98 Å². The monoisotopic (exact) mass is 335 g/mol. The first-order chi connectivity index (χ1) is 12.7. The highest BCUT2D eigenvalue weighted by Crippen LogP contribution is 2.29. The van der Waals surface area contributed by atoms with Crippen molar-refractivity contribution in [1.82, 2.24) is 4.98 Å². The Labute approximate surface area is 153 Å². The summed E-state index contributed by atoms with van der Waals surface area (Å²) in [5.74, 6) is 0.983. The minimum absolute atomic E-state index is 0.485. The number of aromatic nitrogens is 1. The molecule has 0 aliphatic heterocycles. The molecule has 2 aliphatic carbocycles. The lowest BCUT2D eigenvalue weighted by Crippen LogP contribution is -2.05. The predicted octanol–water partition coefficient (Wildman–Crippen LogP) is 4.99. The van der Waals surface area contributed by atoms with Crippen molar-refractivity contribution in [3.05, 3.63) is 109 Å². The fourth-order valence-corrected chi connectivity index (χ4v) is 2.91. The fourth-order valence-electron chi connectivity index (χ4n) is 2.91. The first-order valence-electron chi connectivity index (χ1n) is 8.41. The molecule has 2 N–H and O–H groups in total. The van der Waals surface area contributed by atoms with E-state index < -0.39 is 0 Å². The molecule has 1 aromatic heterocycles. The lowest BCUT2D eigenvalue weighted by atomic mass is 9.93. The standard InChI is InChI=1S/C23H17N3/c24-20-10-6-17(7-11-20)22-14-19(16-4-2-1-3-5-16)15-23(26-22)18-8-12-21(25)13-9-18/h1-15,24-25H/q+2. The third kappa shape index (κ3) is 3.28.